The summed E-state index contributed by atoms with van der Waals surface area (Å²) in [7, 11) is 0.940. The molecule has 1 unspecified atom stereocenters. The van der Waals surface area contributed by atoms with Gasteiger partial charge in [-0.05, 0) is 0 Å². The Morgan fingerprint density at radius 1 is 1.09 bits per heavy atom. The van der Waals surface area contributed by atoms with Crippen LogP contribution in [0.25, 0.3) is 0 Å². The van der Waals surface area contributed by atoms with Crippen molar-refractivity contribution in [2.45, 2.75) is 24.2 Å². The standard InChI is InChI=1S/C4H11BO6/c5-3(8,2(6)7)1-4(9,10)11/h2,6-11H,1,5H2. The lowest BCUT2D eigenvalue weighted by molar-refractivity contribution is -0.335. The van der Waals surface area contributed by atoms with Gasteiger partial charge in [0.1, 0.15) is 7.85 Å². The van der Waals surface area contributed by atoms with Gasteiger partial charge in [-0.1, -0.05) is 0 Å². The molecule has 1 atom stereocenters. The summed E-state index contributed by atoms with van der Waals surface area (Å²) in [6.45, 7) is 0. The normalized spacial score (nSPS) is 18.5. The van der Waals surface area contributed by atoms with Crippen molar-refractivity contribution in [3.8, 4) is 0 Å². The van der Waals surface area contributed by atoms with Crippen LogP contribution in [0.15, 0.2) is 0 Å². The van der Waals surface area contributed by atoms with Gasteiger partial charge < -0.3 is 30.6 Å². The summed E-state index contributed by atoms with van der Waals surface area (Å²) >= 11 is 0. The summed E-state index contributed by atoms with van der Waals surface area (Å²) in [6.07, 6.45) is -3.12. The SMILES string of the molecule is BC(O)(CC(O)(O)O)C(O)O. The molecule has 0 aromatic rings. The van der Waals surface area contributed by atoms with Gasteiger partial charge in [0.05, 0.1) is 11.9 Å². The highest BCUT2D eigenvalue weighted by Gasteiger charge is 2.37. The molecule has 0 spiro atoms. The van der Waals surface area contributed by atoms with Gasteiger partial charge in [0.2, 0.25) is 0 Å². The molecule has 0 bridgehead atoms. The lowest BCUT2D eigenvalue weighted by Crippen LogP contribution is -2.49. The van der Waals surface area contributed by atoms with Gasteiger partial charge in [-0.15, -0.1) is 0 Å². The van der Waals surface area contributed by atoms with E-state index in [0.29, 0.717) is 0 Å². The second-order valence-corrected chi connectivity index (χ2v) is 2.68. The quantitative estimate of drug-likeness (QED) is 0.186. The minimum Gasteiger partial charge on any atom is -0.394 e. The van der Waals surface area contributed by atoms with Crippen LogP contribution >= 0.6 is 0 Å². The second kappa shape index (κ2) is 3.06. The van der Waals surface area contributed by atoms with Crippen molar-refractivity contribution in [2.75, 3.05) is 0 Å². The van der Waals surface area contributed by atoms with E-state index < -0.39 is 24.2 Å². The summed E-state index contributed by atoms with van der Waals surface area (Å²) < 4.78 is 0. The molecule has 0 amide bonds. The lowest BCUT2D eigenvalue weighted by Gasteiger charge is -2.29. The first-order valence-electron chi connectivity index (χ1n) is 2.91. The zero-order chi connectivity index (χ0) is 9.28. The number of rotatable bonds is 3. The highest BCUT2D eigenvalue weighted by atomic mass is 16.7. The van der Waals surface area contributed by atoms with Gasteiger partial charge in [0, 0.05) is 0 Å². The molecule has 0 saturated carbocycles. The maximum atomic E-state index is 8.95. The summed E-state index contributed by atoms with van der Waals surface area (Å²) in [4.78, 5) is 0. The Morgan fingerprint density at radius 2 is 1.45 bits per heavy atom. The molecule has 0 aromatic carbocycles. The topological polar surface area (TPSA) is 121 Å². The fraction of sp³-hybridized carbons (Fsp3) is 1.00. The number of hydrogen-bond donors (Lipinski definition) is 6. The predicted molar refractivity (Wildman–Crippen MR) is 35.7 cm³/mol. The van der Waals surface area contributed by atoms with Gasteiger partial charge in [0.25, 0.3) is 5.97 Å². The van der Waals surface area contributed by atoms with E-state index in [9.17, 15) is 0 Å². The van der Waals surface area contributed by atoms with Crippen molar-refractivity contribution in [1.29, 1.82) is 0 Å². The van der Waals surface area contributed by atoms with Crippen LogP contribution in [0.5, 0.6) is 0 Å². The number of aliphatic hydroxyl groups is 6. The van der Waals surface area contributed by atoms with E-state index in [1.54, 1.807) is 0 Å². The van der Waals surface area contributed by atoms with Crippen molar-refractivity contribution in [3.63, 3.8) is 0 Å². The van der Waals surface area contributed by atoms with Crippen LogP contribution in [0, 0.1) is 0 Å². The average Bonchev–Trinajstić information content (AvgIpc) is 1.56. The van der Waals surface area contributed by atoms with Crippen molar-refractivity contribution >= 4 is 7.85 Å². The summed E-state index contributed by atoms with van der Waals surface area (Å²) in [5.74, 6) is -3.10. The van der Waals surface area contributed by atoms with Crippen molar-refractivity contribution in [1.82, 2.24) is 0 Å². The third kappa shape index (κ3) is 4.30. The molecule has 0 saturated heterocycles. The third-order valence-corrected chi connectivity index (χ3v) is 1.15. The van der Waals surface area contributed by atoms with Gasteiger partial charge in [-0.2, -0.15) is 0 Å². The van der Waals surface area contributed by atoms with Crippen LogP contribution in [0.2, 0.25) is 0 Å². The van der Waals surface area contributed by atoms with Crippen molar-refractivity contribution < 1.29 is 30.6 Å². The Hall–Kier alpha value is -0.175. The van der Waals surface area contributed by atoms with Gasteiger partial charge in [-0.25, -0.2) is 0 Å². The van der Waals surface area contributed by atoms with E-state index in [4.69, 9.17) is 30.6 Å². The van der Waals surface area contributed by atoms with Crippen LogP contribution in [0.4, 0.5) is 0 Å². The largest absolute Gasteiger partial charge is 0.394 e. The van der Waals surface area contributed by atoms with E-state index in [0.717, 1.165) is 7.85 Å². The number of aliphatic hydroxyl groups excluding tert-OH is 1. The van der Waals surface area contributed by atoms with Gasteiger partial charge in [0.15, 0.2) is 6.29 Å². The predicted octanol–water partition coefficient (Wildman–Crippen LogP) is -4.36. The smallest absolute Gasteiger partial charge is 0.277 e. The van der Waals surface area contributed by atoms with Gasteiger partial charge in [-0.3, -0.25) is 0 Å². The molecule has 6 N–H and O–H groups in total. The molecule has 66 valence electrons. The molecule has 0 fully saturated rings. The minimum absolute atomic E-state index is 0.940. The zero-order valence-electron chi connectivity index (χ0n) is 5.97. The molecule has 6 nitrogen and oxygen atoms in total. The fourth-order valence-electron chi connectivity index (χ4n) is 0.571. The first-order valence-corrected chi connectivity index (χ1v) is 2.91. The summed E-state index contributed by atoms with van der Waals surface area (Å²) in [6, 6.07) is 0. The molecular formula is C4H11BO6. The first kappa shape index (κ1) is 10.8. The van der Waals surface area contributed by atoms with Crippen molar-refractivity contribution in [3.05, 3.63) is 0 Å². The molecular weight excluding hydrogens is 155 g/mol. The molecule has 11 heavy (non-hydrogen) atoms. The molecule has 7 heteroatoms. The lowest BCUT2D eigenvalue weighted by atomic mass is 9.77. The van der Waals surface area contributed by atoms with E-state index in [1.807, 2.05) is 0 Å². The van der Waals surface area contributed by atoms with Crippen molar-refractivity contribution in [2.24, 2.45) is 0 Å². The van der Waals surface area contributed by atoms with Crippen LogP contribution in [-0.2, 0) is 0 Å². The fourth-order valence-corrected chi connectivity index (χ4v) is 0.571. The molecule has 0 heterocycles. The van der Waals surface area contributed by atoms with Gasteiger partial charge >= 0.3 is 0 Å². The Labute approximate surface area is 63.8 Å². The molecule has 0 aromatic heterocycles. The van der Waals surface area contributed by atoms with Crippen LogP contribution in [0.3, 0.4) is 0 Å². The Morgan fingerprint density at radius 3 is 1.55 bits per heavy atom. The maximum absolute atomic E-state index is 8.95. The Balaban J connectivity index is 4.13. The second-order valence-electron chi connectivity index (χ2n) is 2.68. The third-order valence-electron chi connectivity index (χ3n) is 1.15. The van der Waals surface area contributed by atoms with E-state index in [-0.39, 0.29) is 0 Å². The molecule has 0 aliphatic heterocycles. The Kier molecular flexibility index (Phi) is 3.01. The van der Waals surface area contributed by atoms with Crippen LogP contribution in [-0.4, -0.2) is 56.2 Å². The van der Waals surface area contributed by atoms with Crippen LogP contribution < -0.4 is 0 Å². The van der Waals surface area contributed by atoms with E-state index >= 15 is 0 Å². The highest BCUT2D eigenvalue weighted by molar-refractivity contribution is 6.14. The summed E-state index contributed by atoms with van der Waals surface area (Å²) in [5.41, 5.74) is -2.15. The van der Waals surface area contributed by atoms with E-state index in [2.05, 4.69) is 0 Å². The molecule has 0 rings (SSSR count). The average molecular weight is 166 g/mol. The monoisotopic (exact) mass is 166 g/mol. The molecule has 0 radical (unpaired) electrons. The maximum Gasteiger partial charge on any atom is 0.277 e. The van der Waals surface area contributed by atoms with E-state index in [1.165, 1.54) is 0 Å². The zero-order valence-corrected chi connectivity index (χ0v) is 5.97. The highest BCUT2D eigenvalue weighted by Crippen LogP contribution is 2.15. The Bertz CT molecular complexity index is 127. The summed E-state index contributed by atoms with van der Waals surface area (Å²) in [5, 5.41) is 50.8. The minimum atomic E-state index is -3.10. The molecule has 0 aliphatic carbocycles. The number of hydrogen-bond acceptors (Lipinski definition) is 6. The first-order chi connectivity index (χ1) is 4.65. The molecule has 0 aliphatic rings. The van der Waals surface area contributed by atoms with Crippen LogP contribution in [0.1, 0.15) is 6.42 Å².